The van der Waals surface area contributed by atoms with Crippen molar-refractivity contribution in [3.8, 4) is 0 Å². The topological polar surface area (TPSA) is 0 Å². The molecule has 0 radical (unpaired) electrons. The van der Waals surface area contributed by atoms with Crippen molar-refractivity contribution < 1.29 is 58.9 Å². The zero-order chi connectivity index (χ0) is 12.1. The first-order valence-corrected chi connectivity index (χ1v) is 8.29. The summed E-state index contributed by atoms with van der Waals surface area (Å²) in [4.78, 5) is 0. The summed E-state index contributed by atoms with van der Waals surface area (Å²) in [5, 5.41) is 2.21. The van der Waals surface area contributed by atoms with E-state index >= 15 is 0 Å². The Labute approximate surface area is 165 Å². The van der Waals surface area contributed by atoms with Gasteiger partial charge in [-0.2, -0.15) is 16.8 Å². The van der Waals surface area contributed by atoms with E-state index in [9.17, 15) is 0 Å². The molecule has 1 atom stereocenters. The van der Waals surface area contributed by atoms with Gasteiger partial charge in [-0.25, -0.2) is 12.1 Å². The fourth-order valence-corrected chi connectivity index (χ4v) is 5.71. The molecule has 1 unspecified atom stereocenters. The Morgan fingerprint density at radius 3 is 2.43 bits per heavy atom. The number of aryl methyl sites for hydroxylation is 1. The summed E-state index contributed by atoms with van der Waals surface area (Å²) < 4.78 is 0. The van der Waals surface area contributed by atoms with E-state index in [0.717, 1.165) is 0 Å². The molecule has 0 spiro atoms. The third-order valence-electron chi connectivity index (χ3n) is 3.90. The van der Waals surface area contributed by atoms with Crippen LogP contribution in [0.1, 0.15) is 38.7 Å². The molecule has 0 amide bonds. The minimum Gasteiger partial charge on any atom is -1.00 e. The van der Waals surface area contributed by atoms with E-state index in [0.29, 0.717) is 5.04 Å². The summed E-state index contributed by atoms with van der Waals surface area (Å²) in [5.74, 6) is 0. The second kappa shape index (κ2) is 13.1. The molecule has 1 aromatic carbocycles. The quantitative estimate of drug-likeness (QED) is 0.343. The SMILES string of the molecule is CCCC1([SiH2][c-]2cccc2CC)C=CC=CC1.[Cl-].[Cl-].[Cl-].[Ti+4]. The summed E-state index contributed by atoms with van der Waals surface area (Å²) in [6.07, 6.45) is 14.4. The number of hydrogen-bond donors (Lipinski definition) is 0. The first kappa shape index (κ1) is 26.5. The van der Waals surface area contributed by atoms with Crippen molar-refractivity contribution in [2.45, 2.75) is 44.6 Å². The van der Waals surface area contributed by atoms with Crippen molar-refractivity contribution in [1.29, 1.82) is 0 Å². The van der Waals surface area contributed by atoms with Gasteiger partial charge < -0.3 is 37.2 Å². The number of halogens is 3. The fraction of sp³-hybridized carbons (Fsp3) is 0.438. The van der Waals surface area contributed by atoms with Crippen LogP contribution in [0.5, 0.6) is 0 Å². The van der Waals surface area contributed by atoms with Crippen molar-refractivity contribution in [3.05, 3.63) is 48.1 Å². The second-order valence-corrected chi connectivity index (χ2v) is 7.73. The maximum absolute atomic E-state index is 2.50. The van der Waals surface area contributed by atoms with Crippen molar-refractivity contribution in [2.75, 3.05) is 0 Å². The molecule has 0 nitrogen and oxygen atoms in total. The molecular weight excluding hydrogens is 374 g/mol. The van der Waals surface area contributed by atoms with Gasteiger partial charge in [-0.1, -0.05) is 51.0 Å². The van der Waals surface area contributed by atoms with E-state index in [1.165, 1.54) is 25.7 Å². The van der Waals surface area contributed by atoms with Gasteiger partial charge in [0.05, 0.1) is 0 Å². The van der Waals surface area contributed by atoms with Gasteiger partial charge in [-0.3, -0.25) is 0 Å². The van der Waals surface area contributed by atoms with Crippen LogP contribution in [0.15, 0.2) is 42.5 Å². The molecule has 2 rings (SSSR count). The molecule has 0 saturated carbocycles. The summed E-state index contributed by atoms with van der Waals surface area (Å²) >= 11 is 0. The first-order chi connectivity index (χ1) is 8.29. The van der Waals surface area contributed by atoms with E-state index in [1.807, 2.05) is 0 Å². The van der Waals surface area contributed by atoms with Crippen molar-refractivity contribution in [2.24, 2.45) is 0 Å². The second-order valence-electron chi connectivity index (χ2n) is 5.21. The van der Waals surface area contributed by atoms with E-state index < -0.39 is 0 Å². The van der Waals surface area contributed by atoms with Crippen molar-refractivity contribution in [1.82, 2.24) is 0 Å². The van der Waals surface area contributed by atoms with Gasteiger partial charge >= 0.3 is 21.7 Å². The van der Waals surface area contributed by atoms with Gasteiger partial charge in [0.2, 0.25) is 0 Å². The molecular formula is C16H23Cl3SiTi. The Balaban J connectivity index is -0.000000810. The third-order valence-corrected chi connectivity index (χ3v) is 6.55. The van der Waals surface area contributed by atoms with Gasteiger partial charge in [-0.05, 0) is 17.9 Å². The molecule has 1 aliphatic rings. The molecule has 5 heteroatoms. The smallest absolute Gasteiger partial charge is 1.00 e. The molecule has 1 aromatic rings. The van der Waals surface area contributed by atoms with Gasteiger partial charge in [0, 0.05) is 9.52 Å². The molecule has 0 aliphatic heterocycles. The van der Waals surface area contributed by atoms with Crippen LogP contribution in [0.3, 0.4) is 0 Å². The van der Waals surface area contributed by atoms with Gasteiger partial charge in [-0.15, -0.1) is 0 Å². The van der Waals surface area contributed by atoms with Crippen LogP contribution < -0.4 is 42.4 Å². The summed E-state index contributed by atoms with van der Waals surface area (Å²) in [7, 11) is -0.211. The molecule has 21 heavy (non-hydrogen) atoms. The van der Waals surface area contributed by atoms with Crippen LogP contribution in [-0.2, 0) is 28.1 Å². The summed E-state index contributed by atoms with van der Waals surface area (Å²) in [6.45, 7) is 4.59. The average molecular weight is 398 g/mol. The van der Waals surface area contributed by atoms with E-state index in [-0.39, 0.29) is 68.5 Å². The van der Waals surface area contributed by atoms with Crippen LogP contribution in [-0.4, -0.2) is 9.52 Å². The normalized spacial score (nSPS) is 19.3. The Morgan fingerprint density at radius 2 is 1.90 bits per heavy atom. The number of allylic oxidation sites excluding steroid dienone is 4. The maximum Gasteiger partial charge on any atom is 4.00 e. The average Bonchev–Trinajstić information content (AvgIpc) is 2.77. The fourth-order valence-electron chi connectivity index (χ4n) is 3.00. The Morgan fingerprint density at radius 1 is 1.19 bits per heavy atom. The zero-order valence-corrected chi connectivity index (χ0v) is 18.0. The Bertz CT molecular complexity index is 429. The minimum atomic E-state index is -0.211. The molecule has 0 heterocycles. The van der Waals surface area contributed by atoms with Crippen LogP contribution in [0.4, 0.5) is 0 Å². The monoisotopic (exact) mass is 396 g/mol. The predicted octanol–water partition coefficient (Wildman–Crippen LogP) is -5.75. The van der Waals surface area contributed by atoms with E-state index in [1.54, 1.807) is 10.8 Å². The maximum atomic E-state index is 2.50. The molecule has 0 fully saturated rings. The van der Waals surface area contributed by atoms with E-state index in [2.05, 4.69) is 56.4 Å². The third kappa shape index (κ3) is 7.16. The van der Waals surface area contributed by atoms with Crippen molar-refractivity contribution >= 4 is 14.7 Å². The zero-order valence-electron chi connectivity index (χ0n) is 12.7. The van der Waals surface area contributed by atoms with Crippen LogP contribution in [0.2, 0.25) is 5.04 Å². The molecule has 0 N–H and O–H groups in total. The molecule has 116 valence electrons. The Hall–Kier alpha value is 0.631. The van der Waals surface area contributed by atoms with Gasteiger partial charge in [0.25, 0.3) is 0 Å². The van der Waals surface area contributed by atoms with Gasteiger partial charge in [0.15, 0.2) is 0 Å². The first-order valence-electron chi connectivity index (χ1n) is 6.87. The molecule has 0 aromatic heterocycles. The Kier molecular flexibility index (Phi) is 16.6. The summed E-state index contributed by atoms with van der Waals surface area (Å²) in [5.41, 5.74) is 1.59. The molecule has 1 aliphatic carbocycles. The largest absolute Gasteiger partial charge is 4.00 e. The molecule has 0 saturated heterocycles. The predicted molar refractivity (Wildman–Crippen MR) is 80.1 cm³/mol. The van der Waals surface area contributed by atoms with Crippen LogP contribution in [0.25, 0.3) is 0 Å². The standard InChI is InChI=1S/C16H23Si.3ClH.Ti/c1-3-11-16(12-6-5-7-13-16)17-15-10-8-9-14(15)4-2;;;;/h5-10,12H,3-4,11,13,17H2,1-2H3;3*1H;/q-1;;;;+4/p-3. The summed E-state index contributed by atoms with van der Waals surface area (Å²) in [6, 6.07) is 6.92. The number of rotatable bonds is 5. The van der Waals surface area contributed by atoms with Gasteiger partial charge in [0.1, 0.15) is 0 Å². The van der Waals surface area contributed by atoms with Crippen LogP contribution >= 0.6 is 0 Å². The van der Waals surface area contributed by atoms with E-state index in [4.69, 9.17) is 0 Å². The van der Waals surface area contributed by atoms with Crippen LogP contribution in [0, 0.1) is 0 Å². The van der Waals surface area contributed by atoms with Crippen molar-refractivity contribution in [3.63, 3.8) is 0 Å². The minimum absolute atomic E-state index is 0. The number of hydrogen-bond acceptors (Lipinski definition) is 0. The molecule has 0 bridgehead atoms.